The Bertz CT molecular complexity index is 339. The van der Waals surface area contributed by atoms with E-state index in [0.717, 1.165) is 18.2 Å². The topological polar surface area (TPSA) is 80.4 Å². The maximum Gasteiger partial charge on any atom is 0.270 e. The monoisotopic (exact) mass is 231 g/mol. The normalized spacial score (nSPS) is 8.62. The number of hydrogen-bond donors (Lipinski definition) is 1. The number of phenolic OH excluding ortho intramolecular Hbond substituents is 1. The molecule has 0 spiro atoms. The molecule has 0 heterocycles. The summed E-state index contributed by atoms with van der Waals surface area (Å²) in [5.41, 5.74) is -0.292. The van der Waals surface area contributed by atoms with E-state index in [2.05, 4.69) is 0 Å². The van der Waals surface area contributed by atoms with Crippen molar-refractivity contribution in [1.29, 1.82) is 0 Å². The molecule has 0 aliphatic heterocycles. The standard InChI is InChI=1S/C7H5NO4.Zn/c9-4-5-3-6(8(11)12)1-2-7(5)10;/h1-4,10H;. The maximum absolute atomic E-state index is 10.2. The fraction of sp³-hybridized carbons (Fsp3) is 0. The van der Waals surface area contributed by atoms with E-state index in [9.17, 15) is 14.9 Å². The molecule has 0 atom stereocenters. The number of rotatable bonds is 2. The molecule has 1 N–H and O–H groups in total. The predicted octanol–water partition coefficient (Wildman–Crippen LogP) is 1.11. The first-order valence-electron chi connectivity index (χ1n) is 3.07. The third-order valence-electron chi connectivity index (χ3n) is 1.35. The van der Waals surface area contributed by atoms with Crippen molar-refractivity contribution in [3.63, 3.8) is 0 Å². The van der Waals surface area contributed by atoms with Crippen LogP contribution in [0.3, 0.4) is 0 Å². The van der Waals surface area contributed by atoms with E-state index in [1.807, 2.05) is 0 Å². The number of nitro benzene ring substituents is 1. The largest absolute Gasteiger partial charge is 0.507 e. The summed E-state index contributed by atoms with van der Waals surface area (Å²) in [4.78, 5) is 19.8. The summed E-state index contributed by atoms with van der Waals surface area (Å²) in [6.45, 7) is 0. The third kappa shape index (κ3) is 2.59. The molecule has 6 heteroatoms. The van der Waals surface area contributed by atoms with Gasteiger partial charge < -0.3 is 5.11 Å². The van der Waals surface area contributed by atoms with Crippen molar-refractivity contribution in [2.75, 3.05) is 0 Å². The minimum absolute atomic E-state index is 0. The molecule has 1 rings (SSSR count). The summed E-state index contributed by atoms with van der Waals surface area (Å²) in [6.07, 6.45) is 0.363. The molecule has 0 aliphatic carbocycles. The van der Waals surface area contributed by atoms with Crippen molar-refractivity contribution in [3.8, 4) is 5.75 Å². The summed E-state index contributed by atoms with van der Waals surface area (Å²) >= 11 is 0. The second kappa shape index (κ2) is 4.67. The average Bonchev–Trinajstić information content (AvgIpc) is 2.05. The van der Waals surface area contributed by atoms with Crippen molar-refractivity contribution in [1.82, 2.24) is 0 Å². The molecule has 0 radical (unpaired) electrons. The van der Waals surface area contributed by atoms with Gasteiger partial charge in [-0.3, -0.25) is 14.9 Å². The van der Waals surface area contributed by atoms with E-state index in [1.54, 1.807) is 0 Å². The number of phenols is 1. The second-order valence-corrected chi connectivity index (χ2v) is 2.12. The number of nitrogens with zero attached hydrogens (tertiary/aromatic N) is 1. The zero-order chi connectivity index (χ0) is 9.14. The SMILES string of the molecule is O=Cc1cc([N+](=O)[O-])ccc1O.[Zn]. The molecule has 0 aromatic heterocycles. The van der Waals surface area contributed by atoms with Gasteiger partial charge in [-0.15, -0.1) is 0 Å². The molecule has 1 aromatic carbocycles. The van der Waals surface area contributed by atoms with E-state index >= 15 is 0 Å². The van der Waals surface area contributed by atoms with Crippen LogP contribution in [0.5, 0.6) is 5.75 Å². The van der Waals surface area contributed by atoms with Crippen LogP contribution in [0.4, 0.5) is 5.69 Å². The number of aldehydes is 1. The molecule has 5 nitrogen and oxygen atoms in total. The van der Waals surface area contributed by atoms with Crippen LogP contribution in [0, 0.1) is 10.1 Å². The number of non-ortho nitro benzene ring substituents is 1. The molecule has 1 aromatic rings. The van der Waals surface area contributed by atoms with Gasteiger partial charge in [0.25, 0.3) is 5.69 Å². The van der Waals surface area contributed by atoms with Crippen LogP contribution in [0.25, 0.3) is 0 Å². The Balaban J connectivity index is 0.00000144. The van der Waals surface area contributed by atoms with Gasteiger partial charge in [0.2, 0.25) is 0 Å². The summed E-state index contributed by atoms with van der Waals surface area (Å²) in [5, 5.41) is 19.2. The Morgan fingerprint density at radius 1 is 1.46 bits per heavy atom. The van der Waals surface area contributed by atoms with Crippen LogP contribution < -0.4 is 0 Å². The molecular formula is C7H5NO4Zn. The van der Waals surface area contributed by atoms with E-state index in [-0.39, 0.29) is 36.5 Å². The first-order valence-corrected chi connectivity index (χ1v) is 3.07. The number of benzene rings is 1. The van der Waals surface area contributed by atoms with Crippen LogP contribution in [-0.2, 0) is 19.5 Å². The summed E-state index contributed by atoms with van der Waals surface area (Å²) in [5.74, 6) is -0.254. The fourth-order valence-electron chi connectivity index (χ4n) is 0.750. The predicted molar refractivity (Wildman–Crippen MR) is 40.1 cm³/mol. The Morgan fingerprint density at radius 3 is 2.54 bits per heavy atom. The molecular weight excluding hydrogens is 227 g/mol. The van der Waals surface area contributed by atoms with Crippen LogP contribution >= 0.6 is 0 Å². The minimum Gasteiger partial charge on any atom is -0.507 e. The van der Waals surface area contributed by atoms with Gasteiger partial charge >= 0.3 is 0 Å². The van der Waals surface area contributed by atoms with Gasteiger partial charge in [0.05, 0.1) is 10.5 Å². The van der Waals surface area contributed by atoms with Gasteiger partial charge in [0, 0.05) is 31.6 Å². The van der Waals surface area contributed by atoms with Crippen LogP contribution in [0.1, 0.15) is 10.4 Å². The molecule has 13 heavy (non-hydrogen) atoms. The van der Waals surface area contributed by atoms with E-state index in [1.165, 1.54) is 0 Å². The zero-order valence-electron chi connectivity index (χ0n) is 6.64. The summed E-state index contributed by atoms with van der Waals surface area (Å²) < 4.78 is 0. The molecule has 64 valence electrons. The zero-order valence-corrected chi connectivity index (χ0v) is 9.60. The number of hydrogen-bond acceptors (Lipinski definition) is 4. The molecule has 0 unspecified atom stereocenters. The Morgan fingerprint density at radius 2 is 2.08 bits per heavy atom. The van der Waals surface area contributed by atoms with E-state index in [0.29, 0.717) is 6.29 Å². The van der Waals surface area contributed by atoms with E-state index < -0.39 is 4.92 Å². The Labute approximate surface area is 86.3 Å². The summed E-state index contributed by atoms with van der Waals surface area (Å²) in [7, 11) is 0. The van der Waals surface area contributed by atoms with Gasteiger partial charge in [-0.25, -0.2) is 0 Å². The fourth-order valence-corrected chi connectivity index (χ4v) is 0.750. The second-order valence-electron chi connectivity index (χ2n) is 2.12. The number of carbonyl (C=O) groups is 1. The van der Waals surface area contributed by atoms with Crippen LogP contribution in [0.2, 0.25) is 0 Å². The number of nitro groups is 1. The smallest absolute Gasteiger partial charge is 0.270 e. The summed E-state index contributed by atoms with van der Waals surface area (Å²) in [6, 6.07) is 3.26. The Kier molecular flexibility index (Phi) is 4.21. The molecule has 0 saturated carbocycles. The maximum atomic E-state index is 10.2. The van der Waals surface area contributed by atoms with Crippen molar-refractivity contribution >= 4 is 12.0 Å². The molecule has 0 fully saturated rings. The average molecular weight is 233 g/mol. The van der Waals surface area contributed by atoms with Gasteiger partial charge in [0.15, 0.2) is 6.29 Å². The Hall–Kier alpha value is -1.29. The quantitative estimate of drug-likeness (QED) is 0.358. The van der Waals surface area contributed by atoms with E-state index in [4.69, 9.17) is 5.11 Å². The molecule has 0 saturated heterocycles. The molecule has 0 aliphatic rings. The van der Waals surface area contributed by atoms with Gasteiger partial charge in [0.1, 0.15) is 5.75 Å². The van der Waals surface area contributed by atoms with Crippen LogP contribution in [0.15, 0.2) is 18.2 Å². The number of aromatic hydroxyl groups is 1. The van der Waals surface area contributed by atoms with Gasteiger partial charge in [-0.1, -0.05) is 0 Å². The van der Waals surface area contributed by atoms with Crippen molar-refractivity contribution in [2.24, 2.45) is 0 Å². The van der Waals surface area contributed by atoms with Crippen LogP contribution in [-0.4, -0.2) is 16.3 Å². The molecule has 0 amide bonds. The third-order valence-corrected chi connectivity index (χ3v) is 1.35. The van der Waals surface area contributed by atoms with Crippen molar-refractivity contribution < 1.29 is 34.3 Å². The van der Waals surface area contributed by atoms with Gasteiger partial charge in [-0.2, -0.15) is 0 Å². The first-order chi connectivity index (χ1) is 5.65. The first kappa shape index (κ1) is 11.7. The van der Waals surface area contributed by atoms with Gasteiger partial charge in [-0.05, 0) is 6.07 Å². The minimum atomic E-state index is -0.633. The van der Waals surface area contributed by atoms with Crippen molar-refractivity contribution in [2.45, 2.75) is 0 Å². The number of carbonyl (C=O) groups excluding carboxylic acids is 1. The molecule has 0 bridgehead atoms. The van der Waals surface area contributed by atoms with Crippen molar-refractivity contribution in [3.05, 3.63) is 33.9 Å².